The Morgan fingerprint density at radius 2 is 2.07 bits per heavy atom. The van der Waals surface area contributed by atoms with Crippen molar-refractivity contribution in [2.45, 2.75) is 44.5 Å². The van der Waals surface area contributed by atoms with Crippen molar-refractivity contribution in [3.05, 3.63) is 0 Å². The maximum absolute atomic E-state index is 11.6. The molecule has 0 aliphatic carbocycles. The molecule has 0 spiro atoms. The van der Waals surface area contributed by atoms with Gasteiger partial charge in [0.15, 0.2) is 0 Å². The zero-order chi connectivity index (χ0) is 11.6. The average molecular weight is 254 g/mol. The minimum absolute atomic E-state index is 0.0937. The Kier molecular flexibility index (Phi) is 4.44. The van der Waals surface area contributed by atoms with Gasteiger partial charge in [0.2, 0.25) is 10.0 Å². The minimum atomic E-state index is -3.07. The lowest BCUT2D eigenvalue weighted by Gasteiger charge is -2.36. The fourth-order valence-corrected chi connectivity index (χ4v) is 3.63. The molecule has 90 valence electrons. The molecule has 3 nitrogen and oxygen atoms in total. The quantitative estimate of drug-likeness (QED) is 0.722. The van der Waals surface area contributed by atoms with Gasteiger partial charge in [-0.1, -0.05) is 13.8 Å². The average Bonchev–Trinajstić information content (AvgIpc) is 1.99. The van der Waals surface area contributed by atoms with E-state index in [0.717, 1.165) is 19.3 Å². The van der Waals surface area contributed by atoms with E-state index in [1.807, 2.05) is 0 Å². The van der Waals surface area contributed by atoms with Crippen LogP contribution in [0.15, 0.2) is 0 Å². The summed E-state index contributed by atoms with van der Waals surface area (Å²) in [5.74, 6) is 0.501. The monoisotopic (exact) mass is 253 g/mol. The van der Waals surface area contributed by atoms with Crippen LogP contribution in [0.5, 0.6) is 0 Å². The fraction of sp³-hybridized carbons (Fsp3) is 1.00. The molecule has 0 unspecified atom stereocenters. The molecule has 0 radical (unpaired) electrons. The van der Waals surface area contributed by atoms with Crippen LogP contribution in [0.25, 0.3) is 0 Å². The second kappa shape index (κ2) is 5.02. The van der Waals surface area contributed by atoms with Crippen LogP contribution >= 0.6 is 11.6 Å². The second-order valence-corrected chi connectivity index (χ2v) is 7.33. The fourth-order valence-electron chi connectivity index (χ4n) is 2.18. The number of halogens is 1. The van der Waals surface area contributed by atoms with Crippen LogP contribution in [0, 0.1) is 5.92 Å². The lowest BCUT2D eigenvalue weighted by atomic mass is 9.96. The van der Waals surface area contributed by atoms with Crippen molar-refractivity contribution in [3.63, 3.8) is 0 Å². The predicted octanol–water partition coefficient (Wildman–Crippen LogP) is 2.06. The molecule has 0 amide bonds. The lowest BCUT2D eigenvalue weighted by molar-refractivity contribution is 0.227. The normalized spacial score (nSPS) is 29.7. The van der Waals surface area contributed by atoms with Crippen LogP contribution in [0.4, 0.5) is 0 Å². The van der Waals surface area contributed by atoms with Gasteiger partial charge in [-0.25, -0.2) is 8.42 Å². The molecule has 0 saturated carbocycles. The highest BCUT2D eigenvalue weighted by molar-refractivity contribution is 7.88. The smallest absolute Gasteiger partial charge is 0.211 e. The Hall–Kier alpha value is 0.200. The maximum atomic E-state index is 11.6. The van der Waals surface area contributed by atoms with Crippen molar-refractivity contribution in [3.8, 4) is 0 Å². The summed E-state index contributed by atoms with van der Waals surface area (Å²) in [6.07, 6.45) is 3.74. The molecule has 1 aliphatic rings. The van der Waals surface area contributed by atoms with E-state index in [4.69, 9.17) is 11.6 Å². The van der Waals surface area contributed by atoms with Gasteiger partial charge in [0.05, 0.1) is 6.26 Å². The van der Waals surface area contributed by atoms with Crippen LogP contribution < -0.4 is 0 Å². The SMILES string of the molecule is CC(C)C[C@H]1C[C@@H](Cl)CCN1S(C)(=O)=O. The van der Waals surface area contributed by atoms with E-state index >= 15 is 0 Å². The molecule has 1 heterocycles. The third-order valence-electron chi connectivity index (χ3n) is 2.77. The number of alkyl halides is 1. The summed E-state index contributed by atoms with van der Waals surface area (Å²) >= 11 is 6.09. The van der Waals surface area contributed by atoms with Gasteiger partial charge in [-0.3, -0.25) is 0 Å². The van der Waals surface area contributed by atoms with Gasteiger partial charge in [-0.2, -0.15) is 4.31 Å². The van der Waals surface area contributed by atoms with Crippen LogP contribution in [0.3, 0.4) is 0 Å². The van der Waals surface area contributed by atoms with Crippen molar-refractivity contribution >= 4 is 21.6 Å². The van der Waals surface area contributed by atoms with Gasteiger partial charge >= 0.3 is 0 Å². The first-order valence-corrected chi connectivity index (χ1v) is 7.70. The highest BCUT2D eigenvalue weighted by atomic mass is 35.5. The van der Waals surface area contributed by atoms with Gasteiger partial charge in [0.1, 0.15) is 0 Å². The van der Waals surface area contributed by atoms with E-state index in [-0.39, 0.29) is 11.4 Å². The first kappa shape index (κ1) is 13.3. The van der Waals surface area contributed by atoms with Gasteiger partial charge < -0.3 is 0 Å². The van der Waals surface area contributed by atoms with E-state index in [1.54, 1.807) is 4.31 Å². The first-order valence-electron chi connectivity index (χ1n) is 5.41. The number of rotatable bonds is 3. The molecule has 0 bridgehead atoms. The maximum Gasteiger partial charge on any atom is 0.211 e. The standard InChI is InChI=1S/C10H20ClNO2S/c1-8(2)6-10-7-9(11)4-5-12(10)15(3,13)14/h8-10H,4-7H2,1-3H3/t9-,10-/m0/s1. The summed E-state index contributed by atoms with van der Waals surface area (Å²) in [6, 6.07) is 0.0937. The second-order valence-electron chi connectivity index (χ2n) is 4.78. The number of sulfonamides is 1. The summed E-state index contributed by atoms with van der Waals surface area (Å²) in [7, 11) is -3.07. The third-order valence-corrected chi connectivity index (χ3v) is 4.50. The summed E-state index contributed by atoms with van der Waals surface area (Å²) in [6.45, 7) is 4.79. The minimum Gasteiger partial charge on any atom is -0.212 e. The van der Waals surface area contributed by atoms with Gasteiger partial charge in [-0.15, -0.1) is 11.6 Å². The number of hydrogen-bond donors (Lipinski definition) is 0. The van der Waals surface area contributed by atoms with Crippen molar-refractivity contribution in [1.29, 1.82) is 0 Å². The Morgan fingerprint density at radius 3 is 2.53 bits per heavy atom. The Labute approximate surface area is 97.8 Å². The van der Waals surface area contributed by atoms with Gasteiger partial charge in [0.25, 0.3) is 0 Å². The third kappa shape index (κ3) is 3.93. The molecule has 1 fully saturated rings. The number of hydrogen-bond acceptors (Lipinski definition) is 2. The molecule has 1 aliphatic heterocycles. The van der Waals surface area contributed by atoms with Gasteiger partial charge in [-0.05, 0) is 25.2 Å². The molecule has 15 heavy (non-hydrogen) atoms. The highest BCUT2D eigenvalue weighted by Gasteiger charge is 2.33. The van der Waals surface area contributed by atoms with E-state index in [0.29, 0.717) is 12.5 Å². The van der Waals surface area contributed by atoms with Crippen molar-refractivity contribution in [1.82, 2.24) is 4.31 Å². The van der Waals surface area contributed by atoms with E-state index < -0.39 is 10.0 Å². The molecule has 0 aromatic heterocycles. The molecule has 0 aromatic rings. The lowest BCUT2D eigenvalue weighted by Crippen LogP contribution is -2.46. The molecular weight excluding hydrogens is 234 g/mol. The molecule has 0 N–H and O–H groups in total. The van der Waals surface area contributed by atoms with E-state index in [9.17, 15) is 8.42 Å². The molecule has 2 atom stereocenters. The van der Waals surface area contributed by atoms with Crippen molar-refractivity contribution in [2.24, 2.45) is 5.92 Å². The molecule has 0 aromatic carbocycles. The van der Waals surface area contributed by atoms with Crippen LogP contribution in [-0.4, -0.2) is 36.9 Å². The Morgan fingerprint density at radius 1 is 1.47 bits per heavy atom. The molecular formula is C10H20ClNO2S. The van der Waals surface area contributed by atoms with Gasteiger partial charge in [0, 0.05) is 18.0 Å². The summed E-state index contributed by atoms with van der Waals surface area (Å²) in [5.41, 5.74) is 0. The predicted molar refractivity (Wildman–Crippen MR) is 63.7 cm³/mol. The highest BCUT2D eigenvalue weighted by Crippen LogP contribution is 2.27. The van der Waals surface area contributed by atoms with E-state index in [1.165, 1.54) is 6.26 Å². The topological polar surface area (TPSA) is 37.4 Å². The van der Waals surface area contributed by atoms with Crippen LogP contribution in [-0.2, 0) is 10.0 Å². The summed E-state index contributed by atoms with van der Waals surface area (Å²) in [4.78, 5) is 0. The molecule has 5 heteroatoms. The van der Waals surface area contributed by atoms with Crippen LogP contribution in [0.1, 0.15) is 33.1 Å². The first-order chi connectivity index (χ1) is 6.80. The summed E-state index contributed by atoms with van der Waals surface area (Å²) in [5, 5.41) is 0.131. The molecule has 1 rings (SSSR count). The summed E-state index contributed by atoms with van der Waals surface area (Å²) < 4.78 is 24.8. The van der Waals surface area contributed by atoms with Crippen molar-refractivity contribution in [2.75, 3.05) is 12.8 Å². The zero-order valence-electron chi connectivity index (χ0n) is 9.61. The Balaban J connectivity index is 2.75. The van der Waals surface area contributed by atoms with E-state index in [2.05, 4.69) is 13.8 Å². The number of nitrogens with zero attached hydrogens (tertiary/aromatic N) is 1. The molecule has 1 saturated heterocycles. The number of piperidine rings is 1. The Bertz CT molecular complexity index is 301. The van der Waals surface area contributed by atoms with Crippen molar-refractivity contribution < 1.29 is 8.42 Å². The van der Waals surface area contributed by atoms with Crippen LogP contribution in [0.2, 0.25) is 0 Å². The largest absolute Gasteiger partial charge is 0.212 e. The zero-order valence-corrected chi connectivity index (χ0v) is 11.2.